The highest BCUT2D eigenvalue weighted by molar-refractivity contribution is 6.07. The first-order valence-corrected chi connectivity index (χ1v) is 5.94. The van der Waals surface area contributed by atoms with Crippen molar-refractivity contribution in [3.05, 3.63) is 60.7 Å². The first kappa shape index (κ1) is 11.4. The summed E-state index contributed by atoms with van der Waals surface area (Å²) in [6, 6.07) is 13.6. The van der Waals surface area contributed by atoms with Crippen molar-refractivity contribution in [1.82, 2.24) is 9.78 Å². The number of nitrogens with two attached hydrogens (primary N) is 1. The fourth-order valence-electron chi connectivity index (χ4n) is 2.12. The molecule has 0 amide bonds. The van der Waals surface area contributed by atoms with Crippen LogP contribution in [0.2, 0.25) is 0 Å². The number of carbonyl (C=O) groups excluding carboxylic acids is 1. The van der Waals surface area contributed by atoms with Crippen LogP contribution in [0.25, 0.3) is 10.8 Å². The Labute approximate surface area is 109 Å². The molecule has 19 heavy (non-hydrogen) atoms. The second-order valence-corrected chi connectivity index (χ2v) is 4.34. The van der Waals surface area contributed by atoms with E-state index in [-0.39, 0.29) is 12.3 Å². The number of Topliss-reactive ketones (excluding diaryl/α,β-unsaturated/α-hetero) is 1. The lowest BCUT2D eigenvalue weighted by molar-refractivity contribution is -0.639. The highest BCUT2D eigenvalue weighted by Crippen LogP contribution is 2.19. The Kier molecular flexibility index (Phi) is 2.72. The molecule has 0 saturated carbocycles. The molecule has 0 spiro atoms. The number of benzene rings is 2. The van der Waals surface area contributed by atoms with E-state index < -0.39 is 0 Å². The van der Waals surface area contributed by atoms with Gasteiger partial charge in [0, 0.05) is 10.7 Å². The van der Waals surface area contributed by atoms with Gasteiger partial charge >= 0.3 is 0 Å². The molecule has 1 heterocycles. The van der Waals surface area contributed by atoms with Crippen LogP contribution in [0.15, 0.2) is 55.1 Å². The van der Waals surface area contributed by atoms with Gasteiger partial charge in [0.1, 0.15) is 0 Å². The molecule has 0 atom stereocenters. The molecule has 2 N–H and O–H groups in total. The summed E-state index contributed by atoms with van der Waals surface area (Å²) >= 11 is 0. The number of aromatic nitrogens is 3. The minimum absolute atomic E-state index is 0.0144. The zero-order valence-corrected chi connectivity index (χ0v) is 10.2. The minimum Gasteiger partial charge on any atom is -0.290 e. The van der Waals surface area contributed by atoms with E-state index in [2.05, 4.69) is 5.10 Å². The average molecular weight is 253 g/mol. The standard InChI is InChI=1S/C14H13N4O/c15-17-9-16-18(10-17)8-14(19)13-7-3-5-11-4-1-2-6-12(11)13/h1-7,9-10H,8,15H2/q+1. The van der Waals surface area contributed by atoms with Gasteiger partial charge in [0.25, 0.3) is 6.33 Å². The smallest absolute Gasteiger partial charge is 0.286 e. The third-order valence-electron chi connectivity index (χ3n) is 3.00. The van der Waals surface area contributed by atoms with Crippen LogP contribution in [0.5, 0.6) is 0 Å². The van der Waals surface area contributed by atoms with Crippen molar-refractivity contribution in [1.29, 1.82) is 0 Å². The predicted molar refractivity (Wildman–Crippen MR) is 70.9 cm³/mol. The highest BCUT2D eigenvalue weighted by atomic mass is 16.1. The van der Waals surface area contributed by atoms with Crippen LogP contribution in [-0.2, 0) is 6.54 Å². The Morgan fingerprint density at radius 2 is 2.00 bits per heavy atom. The molecule has 0 aliphatic carbocycles. The number of rotatable bonds is 3. The summed E-state index contributed by atoms with van der Waals surface area (Å²) in [7, 11) is 0. The van der Waals surface area contributed by atoms with Crippen LogP contribution in [-0.4, -0.2) is 15.6 Å². The molecule has 0 fully saturated rings. The summed E-state index contributed by atoms with van der Waals surface area (Å²) < 4.78 is 2.83. The summed E-state index contributed by atoms with van der Waals surface area (Å²) in [4.78, 5) is 12.3. The lowest BCUT2D eigenvalue weighted by Crippen LogP contribution is -2.42. The monoisotopic (exact) mass is 253 g/mol. The Morgan fingerprint density at radius 1 is 1.21 bits per heavy atom. The molecule has 1 aromatic heterocycles. The largest absolute Gasteiger partial charge is 0.290 e. The fourth-order valence-corrected chi connectivity index (χ4v) is 2.12. The van der Waals surface area contributed by atoms with E-state index in [0.29, 0.717) is 5.56 Å². The normalized spacial score (nSPS) is 10.7. The van der Waals surface area contributed by atoms with Crippen LogP contribution in [0.1, 0.15) is 10.4 Å². The topological polar surface area (TPSA) is 64.8 Å². The van der Waals surface area contributed by atoms with Gasteiger partial charge in [-0.25, -0.2) is 0 Å². The number of nitrogens with zero attached hydrogens (tertiary/aromatic N) is 3. The second-order valence-electron chi connectivity index (χ2n) is 4.34. The van der Waals surface area contributed by atoms with Gasteiger partial charge in [0.15, 0.2) is 6.54 Å². The number of hydrogen-bond donors (Lipinski definition) is 1. The Morgan fingerprint density at radius 3 is 2.79 bits per heavy atom. The SMILES string of the molecule is N[n+]1cnn(CC(=O)c2cccc3ccccc23)c1. The predicted octanol–water partition coefficient (Wildman–Crippen LogP) is 0.920. The molecule has 2 aromatic carbocycles. The van der Waals surface area contributed by atoms with Crippen molar-refractivity contribution in [2.24, 2.45) is 0 Å². The van der Waals surface area contributed by atoms with Crippen LogP contribution in [0.4, 0.5) is 0 Å². The molecule has 0 bridgehead atoms. The van der Waals surface area contributed by atoms with E-state index in [1.54, 1.807) is 6.33 Å². The summed E-state index contributed by atoms with van der Waals surface area (Å²) in [5, 5.41) is 6.01. The van der Waals surface area contributed by atoms with Gasteiger partial charge < -0.3 is 0 Å². The van der Waals surface area contributed by atoms with Crippen molar-refractivity contribution in [3.63, 3.8) is 0 Å². The van der Waals surface area contributed by atoms with Crippen molar-refractivity contribution in [2.45, 2.75) is 6.54 Å². The van der Waals surface area contributed by atoms with Crippen LogP contribution >= 0.6 is 0 Å². The van der Waals surface area contributed by atoms with Gasteiger partial charge in [0.05, 0.1) is 0 Å². The summed E-state index contributed by atoms with van der Waals surface area (Å²) in [6.45, 7) is 0.179. The van der Waals surface area contributed by atoms with Gasteiger partial charge in [-0.1, -0.05) is 42.5 Å². The summed E-state index contributed by atoms with van der Waals surface area (Å²) in [6.07, 6.45) is 3.03. The maximum absolute atomic E-state index is 12.3. The van der Waals surface area contributed by atoms with Crippen molar-refractivity contribution >= 4 is 16.6 Å². The maximum atomic E-state index is 12.3. The van der Waals surface area contributed by atoms with E-state index in [0.717, 1.165) is 10.8 Å². The van der Waals surface area contributed by atoms with E-state index in [9.17, 15) is 4.79 Å². The molecular weight excluding hydrogens is 240 g/mol. The molecular formula is C14H13N4O+. The molecule has 0 saturated heterocycles. The Balaban J connectivity index is 1.97. The summed E-state index contributed by atoms with van der Waals surface area (Å²) in [5.41, 5.74) is 0.706. The van der Waals surface area contributed by atoms with Crippen LogP contribution in [0.3, 0.4) is 0 Å². The number of carbonyl (C=O) groups is 1. The van der Waals surface area contributed by atoms with Crippen molar-refractivity contribution in [2.75, 3.05) is 5.84 Å². The van der Waals surface area contributed by atoms with Gasteiger partial charge in [0.2, 0.25) is 12.1 Å². The zero-order valence-electron chi connectivity index (χ0n) is 10.2. The van der Waals surface area contributed by atoms with E-state index >= 15 is 0 Å². The number of hydrogen-bond acceptors (Lipinski definition) is 3. The number of nitrogen functional groups attached to an aromatic ring is 1. The van der Waals surface area contributed by atoms with Gasteiger partial charge in [-0.3, -0.25) is 10.6 Å². The van der Waals surface area contributed by atoms with Gasteiger partial charge in [-0.05, 0) is 10.8 Å². The maximum Gasteiger partial charge on any atom is 0.286 e. The van der Waals surface area contributed by atoms with Crippen molar-refractivity contribution in [3.8, 4) is 0 Å². The van der Waals surface area contributed by atoms with E-state index in [4.69, 9.17) is 5.84 Å². The molecule has 3 rings (SSSR count). The first-order chi connectivity index (χ1) is 9.24. The fraction of sp³-hybridized carbons (Fsp3) is 0.0714. The van der Waals surface area contributed by atoms with Gasteiger partial charge in [-0.2, -0.15) is 0 Å². The lowest BCUT2D eigenvalue weighted by atomic mass is 10.0. The lowest BCUT2D eigenvalue weighted by Gasteiger charge is -2.03. The Bertz CT molecular complexity index is 743. The summed E-state index contributed by atoms with van der Waals surface area (Å²) in [5.74, 6) is 5.52. The molecule has 5 nitrogen and oxygen atoms in total. The third kappa shape index (κ3) is 2.18. The average Bonchev–Trinajstić information content (AvgIpc) is 2.83. The molecule has 94 valence electrons. The number of ketones is 1. The van der Waals surface area contributed by atoms with Gasteiger partial charge in [-0.15, -0.1) is 9.36 Å². The molecule has 5 heteroatoms. The molecule has 0 aliphatic heterocycles. The molecule has 0 unspecified atom stereocenters. The van der Waals surface area contributed by atoms with Crippen molar-refractivity contribution < 1.29 is 9.47 Å². The first-order valence-electron chi connectivity index (χ1n) is 5.94. The molecule has 3 aromatic rings. The van der Waals surface area contributed by atoms with E-state index in [1.807, 2.05) is 42.5 Å². The molecule has 0 radical (unpaired) electrons. The molecule has 0 aliphatic rings. The third-order valence-corrected chi connectivity index (χ3v) is 3.00. The number of fused-ring (bicyclic) bond motifs is 1. The second kappa shape index (κ2) is 4.53. The quantitative estimate of drug-likeness (QED) is 0.429. The zero-order chi connectivity index (χ0) is 13.2. The van der Waals surface area contributed by atoms with E-state index in [1.165, 1.54) is 15.7 Å². The van der Waals surface area contributed by atoms with Crippen LogP contribution < -0.4 is 10.5 Å². The highest BCUT2D eigenvalue weighted by Gasteiger charge is 2.14. The minimum atomic E-state index is 0.0144. The Hall–Kier alpha value is -2.69. The van der Waals surface area contributed by atoms with Crippen LogP contribution in [0, 0.1) is 0 Å².